The van der Waals surface area contributed by atoms with Crippen molar-refractivity contribution in [2.45, 2.75) is 20.0 Å². The van der Waals surface area contributed by atoms with Gasteiger partial charge in [-0.25, -0.2) is 0 Å². The van der Waals surface area contributed by atoms with Crippen LogP contribution < -0.4 is 14.8 Å². The molecule has 0 aliphatic carbocycles. The summed E-state index contributed by atoms with van der Waals surface area (Å²) in [6.07, 6.45) is 1.62. The summed E-state index contributed by atoms with van der Waals surface area (Å²) in [5, 5.41) is 7.44. The Balaban J connectivity index is 1.51. The summed E-state index contributed by atoms with van der Waals surface area (Å²) in [4.78, 5) is 9.10. The first-order chi connectivity index (χ1) is 13.7. The summed E-state index contributed by atoms with van der Waals surface area (Å²) in [5.74, 6) is 2.42. The number of aromatic nitrogens is 1. The summed E-state index contributed by atoms with van der Waals surface area (Å²) in [7, 11) is 3.48. The average Bonchev–Trinajstić information content (AvgIpc) is 3.23. The van der Waals surface area contributed by atoms with Crippen LogP contribution in [0.3, 0.4) is 0 Å². The van der Waals surface area contributed by atoms with Crippen molar-refractivity contribution in [2.24, 2.45) is 4.99 Å². The van der Waals surface area contributed by atoms with Crippen LogP contribution in [0.5, 0.6) is 11.5 Å². The van der Waals surface area contributed by atoms with Gasteiger partial charge in [-0.3, -0.25) is 9.89 Å². The molecule has 0 saturated carbocycles. The zero-order valence-electron chi connectivity index (χ0n) is 16.9. The van der Waals surface area contributed by atoms with Gasteiger partial charge in [-0.2, -0.15) is 0 Å². The molecule has 0 bridgehead atoms. The molecule has 2 heterocycles. The van der Waals surface area contributed by atoms with E-state index >= 15 is 0 Å². The Hall–Kier alpha value is -2.74. The number of methoxy groups -OCH3 is 1. The molecule has 0 spiro atoms. The molecule has 1 aliphatic heterocycles. The average molecular weight is 387 g/mol. The first kappa shape index (κ1) is 20.0. The Morgan fingerprint density at radius 2 is 2.04 bits per heavy atom. The maximum absolute atomic E-state index is 5.58. The van der Waals surface area contributed by atoms with Gasteiger partial charge in [0, 0.05) is 52.4 Å². The molecule has 1 aromatic carbocycles. The highest BCUT2D eigenvalue weighted by Crippen LogP contribution is 2.28. The monoisotopic (exact) mass is 387 g/mol. The third-order valence-corrected chi connectivity index (χ3v) is 4.74. The molecule has 0 radical (unpaired) electrons. The Bertz CT molecular complexity index is 755. The van der Waals surface area contributed by atoms with Gasteiger partial charge in [0.05, 0.1) is 19.4 Å². The van der Waals surface area contributed by atoms with E-state index in [1.54, 1.807) is 13.4 Å². The predicted molar refractivity (Wildman–Crippen MR) is 108 cm³/mol. The molecule has 0 amide bonds. The zero-order chi connectivity index (χ0) is 19.8. The van der Waals surface area contributed by atoms with Crippen molar-refractivity contribution in [1.82, 2.24) is 20.3 Å². The van der Waals surface area contributed by atoms with E-state index in [-0.39, 0.29) is 0 Å². The standard InChI is InChI=1S/C20H29N5O3/c1-4-27-18-6-5-16(13-19(18)26-3)14-22-20(21-2)25-10-8-24(9-11-25)15-17-7-12-28-23-17/h5-7,12-13H,4,8-11,14-15H2,1-3H3,(H,21,22). The molecule has 152 valence electrons. The molecule has 1 aliphatic rings. The van der Waals surface area contributed by atoms with E-state index in [4.69, 9.17) is 14.0 Å². The number of guanidine groups is 1. The quantitative estimate of drug-likeness (QED) is 0.575. The van der Waals surface area contributed by atoms with Crippen molar-refractivity contribution in [3.8, 4) is 11.5 Å². The van der Waals surface area contributed by atoms with Gasteiger partial charge >= 0.3 is 0 Å². The number of piperazine rings is 1. The van der Waals surface area contributed by atoms with E-state index in [9.17, 15) is 0 Å². The number of benzene rings is 1. The van der Waals surface area contributed by atoms with E-state index in [0.717, 1.165) is 61.4 Å². The minimum atomic E-state index is 0.614. The minimum absolute atomic E-state index is 0.614. The second-order valence-corrected chi connectivity index (χ2v) is 6.57. The van der Waals surface area contributed by atoms with Crippen molar-refractivity contribution in [2.75, 3.05) is 46.9 Å². The number of rotatable bonds is 7. The molecule has 0 atom stereocenters. The zero-order valence-corrected chi connectivity index (χ0v) is 16.9. The van der Waals surface area contributed by atoms with Crippen LogP contribution in [-0.4, -0.2) is 67.9 Å². The number of nitrogens with one attached hydrogen (secondary N) is 1. The second kappa shape index (κ2) is 9.98. The Labute approximate surface area is 166 Å². The molecule has 1 N–H and O–H groups in total. The van der Waals surface area contributed by atoms with E-state index in [1.807, 2.05) is 38.2 Å². The van der Waals surface area contributed by atoms with Gasteiger partial charge in [-0.1, -0.05) is 11.2 Å². The molecular weight excluding hydrogens is 358 g/mol. The Morgan fingerprint density at radius 1 is 1.21 bits per heavy atom. The van der Waals surface area contributed by atoms with E-state index < -0.39 is 0 Å². The Kier molecular flexibility index (Phi) is 7.13. The molecule has 8 heteroatoms. The van der Waals surface area contributed by atoms with Crippen LogP contribution in [0.25, 0.3) is 0 Å². The molecule has 0 unspecified atom stereocenters. The lowest BCUT2D eigenvalue weighted by molar-refractivity contribution is 0.169. The molecule has 1 fully saturated rings. The van der Waals surface area contributed by atoms with Crippen LogP contribution in [0.15, 0.2) is 40.0 Å². The highest BCUT2D eigenvalue weighted by molar-refractivity contribution is 5.80. The number of hydrogen-bond donors (Lipinski definition) is 1. The van der Waals surface area contributed by atoms with Gasteiger partial charge in [0.2, 0.25) is 0 Å². The fourth-order valence-corrected chi connectivity index (χ4v) is 3.28. The van der Waals surface area contributed by atoms with Crippen molar-refractivity contribution in [3.63, 3.8) is 0 Å². The molecular formula is C20H29N5O3. The summed E-state index contributed by atoms with van der Waals surface area (Å²) in [6, 6.07) is 7.91. The smallest absolute Gasteiger partial charge is 0.194 e. The molecule has 1 saturated heterocycles. The number of ether oxygens (including phenoxy) is 2. The van der Waals surface area contributed by atoms with Gasteiger partial charge in [0.25, 0.3) is 0 Å². The third kappa shape index (κ3) is 5.16. The predicted octanol–water partition coefficient (Wildman–Crippen LogP) is 1.98. The summed E-state index contributed by atoms with van der Waals surface area (Å²) in [5.41, 5.74) is 2.09. The van der Waals surface area contributed by atoms with Crippen molar-refractivity contribution in [3.05, 3.63) is 41.8 Å². The van der Waals surface area contributed by atoms with E-state index in [0.29, 0.717) is 13.2 Å². The maximum atomic E-state index is 5.58. The fourth-order valence-electron chi connectivity index (χ4n) is 3.28. The highest BCUT2D eigenvalue weighted by Gasteiger charge is 2.20. The molecule has 1 aromatic heterocycles. The highest BCUT2D eigenvalue weighted by atomic mass is 16.5. The molecule has 28 heavy (non-hydrogen) atoms. The first-order valence-electron chi connectivity index (χ1n) is 9.60. The van der Waals surface area contributed by atoms with Crippen LogP contribution in [0.2, 0.25) is 0 Å². The van der Waals surface area contributed by atoms with Crippen molar-refractivity contribution < 1.29 is 14.0 Å². The lowest BCUT2D eigenvalue weighted by Crippen LogP contribution is -2.52. The number of nitrogens with zero attached hydrogens (tertiary/aromatic N) is 4. The normalized spacial score (nSPS) is 15.5. The number of hydrogen-bond acceptors (Lipinski definition) is 6. The van der Waals surface area contributed by atoms with Gasteiger partial charge in [0.1, 0.15) is 6.26 Å². The van der Waals surface area contributed by atoms with E-state index in [1.165, 1.54) is 0 Å². The van der Waals surface area contributed by atoms with Crippen LogP contribution in [0.4, 0.5) is 0 Å². The minimum Gasteiger partial charge on any atom is -0.493 e. The van der Waals surface area contributed by atoms with Crippen molar-refractivity contribution >= 4 is 5.96 Å². The Morgan fingerprint density at radius 3 is 2.68 bits per heavy atom. The van der Waals surface area contributed by atoms with Crippen LogP contribution in [-0.2, 0) is 13.1 Å². The molecule has 8 nitrogen and oxygen atoms in total. The van der Waals surface area contributed by atoms with E-state index in [2.05, 4.69) is 25.3 Å². The summed E-state index contributed by atoms with van der Waals surface area (Å²) in [6.45, 7) is 7.84. The first-order valence-corrected chi connectivity index (χ1v) is 9.60. The van der Waals surface area contributed by atoms with Crippen LogP contribution in [0.1, 0.15) is 18.2 Å². The van der Waals surface area contributed by atoms with Crippen molar-refractivity contribution in [1.29, 1.82) is 0 Å². The maximum Gasteiger partial charge on any atom is 0.194 e. The third-order valence-electron chi connectivity index (χ3n) is 4.74. The van der Waals surface area contributed by atoms with Gasteiger partial charge in [-0.15, -0.1) is 0 Å². The topological polar surface area (TPSA) is 75.4 Å². The van der Waals surface area contributed by atoms with Crippen LogP contribution in [0, 0.1) is 0 Å². The molecule has 3 rings (SSSR count). The largest absolute Gasteiger partial charge is 0.493 e. The summed E-state index contributed by atoms with van der Waals surface area (Å²) < 4.78 is 15.9. The van der Waals surface area contributed by atoms with Crippen LogP contribution >= 0.6 is 0 Å². The summed E-state index contributed by atoms with van der Waals surface area (Å²) >= 11 is 0. The lowest BCUT2D eigenvalue weighted by Gasteiger charge is -2.36. The van der Waals surface area contributed by atoms with Gasteiger partial charge < -0.3 is 24.2 Å². The lowest BCUT2D eigenvalue weighted by atomic mass is 10.2. The van der Waals surface area contributed by atoms with Gasteiger partial charge in [0.15, 0.2) is 17.5 Å². The second-order valence-electron chi connectivity index (χ2n) is 6.57. The molecule has 2 aromatic rings. The number of aliphatic imine (C=N–C) groups is 1. The van der Waals surface area contributed by atoms with Gasteiger partial charge in [-0.05, 0) is 24.6 Å². The SMILES string of the molecule is CCOc1ccc(CNC(=NC)N2CCN(Cc3ccon3)CC2)cc1OC. The fraction of sp³-hybridized carbons (Fsp3) is 0.500.